The number of aliphatic hydroxyl groups excluding tert-OH is 1. The summed E-state index contributed by atoms with van der Waals surface area (Å²) in [7, 11) is 0. The molecule has 0 fully saturated rings. The summed E-state index contributed by atoms with van der Waals surface area (Å²) >= 11 is 1.61. The molecule has 1 aliphatic rings. The van der Waals surface area contributed by atoms with Crippen LogP contribution in [-0.2, 0) is 0 Å². The summed E-state index contributed by atoms with van der Waals surface area (Å²) in [5.74, 6) is 0. The Morgan fingerprint density at radius 2 is 2.36 bits per heavy atom. The molecule has 1 aromatic rings. The van der Waals surface area contributed by atoms with Crippen LogP contribution in [0.2, 0.25) is 0 Å². The molecule has 0 bridgehead atoms. The Morgan fingerprint density at radius 3 is 3.09 bits per heavy atom. The SMILES string of the molecule is NC1CCC(O)c2sccc21. The van der Waals surface area contributed by atoms with Crippen molar-refractivity contribution in [3.05, 3.63) is 21.9 Å². The fourth-order valence-electron chi connectivity index (χ4n) is 1.53. The summed E-state index contributed by atoms with van der Waals surface area (Å²) < 4.78 is 0. The first-order chi connectivity index (χ1) is 5.29. The molecule has 2 rings (SSSR count). The van der Waals surface area contributed by atoms with Gasteiger partial charge < -0.3 is 10.8 Å². The van der Waals surface area contributed by atoms with Gasteiger partial charge in [-0.1, -0.05) is 0 Å². The van der Waals surface area contributed by atoms with Crippen LogP contribution in [-0.4, -0.2) is 5.11 Å². The monoisotopic (exact) mass is 169 g/mol. The molecule has 0 saturated heterocycles. The summed E-state index contributed by atoms with van der Waals surface area (Å²) in [4.78, 5) is 1.07. The Balaban J connectivity index is 2.43. The van der Waals surface area contributed by atoms with E-state index in [1.807, 2.05) is 11.4 Å². The largest absolute Gasteiger partial charge is 0.388 e. The maximum atomic E-state index is 9.52. The number of nitrogens with two attached hydrogens (primary N) is 1. The van der Waals surface area contributed by atoms with Gasteiger partial charge >= 0.3 is 0 Å². The number of rotatable bonds is 0. The number of hydrogen-bond donors (Lipinski definition) is 2. The lowest BCUT2D eigenvalue weighted by Gasteiger charge is -2.22. The molecule has 1 aromatic heterocycles. The molecule has 2 unspecified atom stereocenters. The highest BCUT2D eigenvalue weighted by Gasteiger charge is 2.24. The Hall–Kier alpha value is -0.380. The molecule has 60 valence electrons. The van der Waals surface area contributed by atoms with Gasteiger partial charge in [0, 0.05) is 10.9 Å². The van der Waals surface area contributed by atoms with Crippen LogP contribution >= 0.6 is 11.3 Å². The first kappa shape index (κ1) is 7.28. The van der Waals surface area contributed by atoms with E-state index in [9.17, 15) is 5.11 Å². The van der Waals surface area contributed by atoms with Crippen molar-refractivity contribution in [2.45, 2.75) is 25.0 Å². The summed E-state index contributed by atoms with van der Waals surface area (Å²) in [5, 5.41) is 11.5. The van der Waals surface area contributed by atoms with Crippen molar-refractivity contribution in [3.63, 3.8) is 0 Å². The van der Waals surface area contributed by atoms with Gasteiger partial charge in [0.25, 0.3) is 0 Å². The van der Waals surface area contributed by atoms with Crippen LogP contribution in [0, 0.1) is 0 Å². The molecule has 3 heteroatoms. The van der Waals surface area contributed by atoms with Crippen molar-refractivity contribution in [2.75, 3.05) is 0 Å². The molecule has 0 aromatic carbocycles. The lowest BCUT2D eigenvalue weighted by atomic mass is 9.93. The van der Waals surface area contributed by atoms with Crippen molar-refractivity contribution in [3.8, 4) is 0 Å². The summed E-state index contributed by atoms with van der Waals surface area (Å²) in [6, 6.07) is 2.17. The summed E-state index contributed by atoms with van der Waals surface area (Å²) in [5.41, 5.74) is 7.00. The van der Waals surface area contributed by atoms with Gasteiger partial charge in [-0.2, -0.15) is 0 Å². The molecular weight excluding hydrogens is 158 g/mol. The van der Waals surface area contributed by atoms with Crippen LogP contribution < -0.4 is 5.73 Å². The van der Waals surface area contributed by atoms with E-state index < -0.39 is 0 Å². The third kappa shape index (κ3) is 1.09. The Bertz CT molecular complexity index is 234. The van der Waals surface area contributed by atoms with Gasteiger partial charge in [0.1, 0.15) is 0 Å². The maximum absolute atomic E-state index is 9.52. The van der Waals surface area contributed by atoms with Crippen molar-refractivity contribution in [1.29, 1.82) is 0 Å². The highest BCUT2D eigenvalue weighted by molar-refractivity contribution is 7.10. The smallest absolute Gasteiger partial charge is 0.0886 e. The maximum Gasteiger partial charge on any atom is 0.0886 e. The van der Waals surface area contributed by atoms with Gasteiger partial charge in [-0.05, 0) is 29.9 Å². The van der Waals surface area contributed by atoms with Gasteiger partial charge in [-0.3, -0.25) is 0 Å². The minimum absolute atomic E-state index is 0.152. The van der Waals surface area contributed by atoms with E-state index in [0.29, 0.717) is 0 Å². The van der Waals surface area contributed by atoms with E-state index >= 15 is 0 Å². The van der Waals surface area contributed by atoms with Crippen LogP contribution in [0.4, 0.5) is 0 Å². The third-order valence-electron chi connectivity index (χ3n) is 2.18. The van der Waals surface area contributed by atoms with Gasteiger partial charge in [-0.25, -0.2) is 0 Å². The second-order valence-corrected chi connectivity index (χ2v) is 3.89. The predicted molar refractivity (Wildman–Crippen MR) is 45.4 cm³/mol. The van der Waals surface area contributed by atoms with Gasteiger partial charge in [0.15, 0.2) is 0 Å². The van der Waals surface area contributed by atoms with E-state index in [1.165, 1.54) is 0 Å². The number of aliphatic hydroxyl groups is 1. The van der Waals surface area contributed by atoms with Gasteiger partial charge in [0.05, 0.1) is 6.10 Å². The Morgan fingerprint density at radius 1 is 1.55 bits per heavy atom. The highest BCUT2D eigenvalue weighted by Crippen LogP contribution is 2.37. The molecule has 0 spiro atoms. The Kier molecular flexibility index (Phi) is 1.71. The minimum atomic E-state index is -0.259. The molecule has 11 heavy (non-hydrogen) atoms. The normalized spacial score (nSPS) is 30.0. The molecular formula is C8H11NOS. The van der Waals surface area contributed by atoms with Crippen LogP contribution in [0.5, 0.6) is 0 Å². The average Bonchev–Trinajstić information content (AvgIpc) is 2.45. The van der Waals surface area contributed by atoms with Crippen LogP contribution in [0.25, 0.3) is 0 Å². The molecule has 0 aliphatic heterocycles. The molecule has 2 nitrogen and oxygen atoms in total. The van der Waals surface area contributed by atoms with E-state index in [-0.39, 0.29) is 12.1 Å². The lowest BCUT2D eigenvalue weighted by molar-refractivity contribution is 0.155. The van der Waals surface area contributed by atoms with E-state index in [0.717, 1.165) is 23.3 Å². The number of thiophene rings is 1. The topological polar surface area (TPSA) is 46.2 Å². The van der Waals surface area contributed by atoms with E-state index in [4.69, 9.17) is 5.73 Å². The fraction of sp³-hybridized carbons (Fsp3) is 0.500. The molecule has 0 radical (unpaired) electrons. The van der Waals surface area contributed by atoms with Crippen LogP contribution in [0.3, 0.4) is 0 Å². The van der Waals surface area contributed by atoms with Crippen molar-refractivity contribution in [1.82, 2.24) is 0 Å². The molecule has 1 heterocycles. The predicted octanol–water partition coefficient (Wildman–Crippen LogP) is 1.58. The summed E-state index contributed by atoms with van der Waals surface area (Å²) in [6.45, 7) is 0. The van der Waals surface area contributed by atoms with Crippen LogP contribution in [0.15, 0.2) is 11.4 Å². The second kappa shape index (κ2) is 2.59. The number of fused-ring (bicyclic) bond motifs is 1. The first-order valence-corrected chi connectivity index (χ1v) is 4.68. The zero-order chi connectivity index (χ0) is 7.84. The van der Waals surface area contributed by atoms with Crippen molar-refractivity contribution < 1.29 is 5.11 Å². The number of hydrogen-bond acceptors (Lipinski definition) is 3. The quantitative estimate of drug-likeness (QED) is 0.619. The Labute approximate surface area is 69.7 Å². The lowest BCUT2D eigenvalue weighted by Crippen LogP contribution is -2.18. The molecule has 2 atom stereocenters. The molecule has 0 amide bonds. The standard InChI is InChI=1S/C8H11NOS/c9-6-1-2-7(10)8-5(6)3-4-11-8/h3-4,6-7,10H,1-2,9H2. The van der Waals surface area contributed by atoms with Crippen LogP contribution in [0.1, 0.15) is 35.4 Å². The molecule has 3 N–H and O–H groups in total. The van der Waals surface area contributed by atoms with Gasteiger partial charge in [0.2, 0.25) is 0 Å². The molecule has 0 saturated carbocycles. The first-order valence-electron chi connectivity index (χ1n) is 3.80. The minimum Gasteiger partial charge on any atom is -0.388 e. The van der Waals surface area contributed by atoms with Crippen molar-refractivity contribution in [2.24, 2.45) is 5.73 Å². The van der Waals surface area contributed by atoms with Gasteiger partial charge in [-0.15, -0.1) is 11.3 Å². The van der Waals surface area contributed by atoms with E-state index in [1.54, 1.807) is 11.3 Å². The summed E-state index contributed by atoms with van der Waals surface area (Å²) in [6.07, 6.45) is 1.46. The third-order valence-corrected chi connectivity index (χ3v) is 3.21. The zero-order valence-electron chi connectivity index (χ0n) is 6.16. The highest BCUT2D eigenvalue weighted by atomic mass is 32.1. The van der Waals surface area contributed by atoms with E-state index in [2.05, 4.69) is 0 Å². The van der Waals surface area contributed by atoms with Crippen molar-refractivity contribution >= 4 is 11.3 Å². The fourth-order valence-corrected chi connectivity index (χ4v) is 2.52. The average molecular weight is 169 g/mol. The zero-order valence-corrected chi connectivity index (χ0v) is 6.97. The second-order valence-electron chi connectivity index (χ2n) is 2.94. The molecule has 1 aliphatic carbocycles.